The Labute approximate surface area is 103 Å². The molecule has 0 atom stereocenters. The van der Waals surface area contributed by atoms with Crippen molar-refractivity contribution in [1.29, 1.82) is 0 Å². The Hall–Kier alpha value is -1.60. The van der Waals surface area contributed by atoms with Gasteiger partial charge in [0.05, 0.1) is 0 Å². The zero-order valence-electron chi connectivity index (χ0n) is 10.3. The molecule has 88 valence electrons. The van der Waals surface area contributed by atoms with Crippen LogP contribution >= 0.6 is 0 Å². The highest BCUT2D eigenvalue weighted by Gasteiger charge is 1.97. The van der Waals surface area contributed by atoms with Crippen molar-refractivity contribution >= 4 is 0 Å². The minimum absolute atomic E-state index is 1.08. The Morgan fingerprint density at radius 3 is 2.12 bits per heavy atom. The van der Waals surface area contributed by atoms with Crippen LogP contribution in [0.2, 0.25) is 0 Å². The van der Waals surface area contributed by atoms with Gasteiger partial charge in [-0.1, -0.05) is 54.6 Å². The minimum Gasteiger partial charge on any atom is -0.320 e. The maximum Gasteiger partial charge on any atom is -0.00488 e. The summed E-state index contributed by atoms with van der Waals surface area (Å²) in [6.07, 6.45) is 2.34. The molecule has 0 aliphatic carbocycles. The van der Waals surface area contributed by atoms with Crippen molar-refractivity contribution in [2.45, 2.75) is 12.8 Å². The predicted octanol–water partition coefficient (Wildman–Crippen LogP) is 3.51. The predicted molar refractivity (Wildman–Crippen MR) is 74.1 cm³/mol. The summed E-state index contributed by atoms with van der Waals surface area (Å²) in [7, 11) is 2.00. The Kier molecular flexibility index (Phi) is 4.34. The summed E-state index contributed by atoms with van der Waals surface area (Å²) in [5.74, 6) is 0. The van der Waals surface area contributed by atoms with E-state index in [9.17, 15) is 0 Å². The summed E-state index contributed by atoms with van der Waals surface area (Å²) in [6.45, 7) is 1.08. The highest BCUT2D eigenvalue weighted by atomic mass is 14.8. The second-order valence-electron chi connectivity index (χ2n) is 4.27. The fraction of sp³-hybridized carbons (Fsp3) is 0.250. The van der Waals surface area contributed by atoms with Crippen LogP contribution in [0.4, 0.5) is 0 Å². The fourth-order valence-corrected chi connectivity index (χ4v) is 1.96. The monoisotopic (exact) mass is 225 g/mol. The van der Waals surface area contributed by atoms with Gasteiger partial charge < -0.3 is 5.32 Å². The third kappa shape index (κ3) is 3.43. The number of nitrogens with one attached hydrogen (secondary N) is 1. The molecule has 0 fully saturated rings. The molecule has 0 spiro atoms. The number of aryl methyl sites for hydroxylation is 1. The summed E-state index contributed by atoms with van der Waals surface area (Å²) in [5, 5.41) is 3.18. The van der Waals surface area contributed by atoms with Crippen molar-refractivity contribution in [2.24, 2.45) is 0 Å². The first-order valence-corrected chi connectivity index (χ1v) is 6.19. The lowest BCUT2D eigenvalue weighted by Crippen LogP contribution is -2.08. The highest BCUT2D eigenvalue weighted by Crippen LogP contribution is 2.19. The molecule has 2 rings (SSSR count). The number of rotatable bonds is 5. The van der Waals surface area contributed by atoms with Crippen LogP contribution in [-0.4, -0.2) is 13.6 Å². The zero-order chi connectivity index (χ0) is 11.9. The van der Waals surface area contributed by atoms with Gasteiger partial charge >= 0.3 is 0 Å². The Bertz CT molecular complexity index is 431. The minimum atomic E-state index is 1.08. The quantitative estimate of drug-likeness (QED) is 0.768. The van der Waals surface area contributed by atoms with Gasteiger partial charge in [-0.2, -0.15) is 0 Å². The van der Waals surface area contributed by atoms with Crippen LogP contribution in [0.3, 0.4) is 0 Å². The molecule has 0 unspecified atom stereocenters. The van der Waals surface area contributed by atoms with Crippen LogP contribution in [0.15, 0.2) is 54.6 Å². The molecule has 0 radical (unpaired) electrons. The van der Waals surface area contributed by atoms with Crippen LogP contribution < -0.4 is 5.32 Å². The van der Waals surface area contributed by atoms with Gasteiger partial charge in [0.2, 0.25) is 0 Å². The van der Waals surface area contributed by atoms with Crippen LogP contribution in [-0.2, 0) is 6.42 Å². The third-order valence-corrected chi connectivity index (χ3v) is 2.95. The molecule has 2 aromatic carbocycles. The van der Waals surface area contributed by atoms with Gasteiger partial charge in [-0.15, -0.1) is 0 Å². The largest absolute Gasteiger partial charge is 0.320 e. The lowest BCUT2D eigenvalue weighted by atomic mass is 10.0. The lowest BCUT2D eigenvalue weighted by Gasteiger charge is -2.04. The second-order valence-corrected chi connectivity index (χ2v) is 4.27. The molecule has 0 aliphatic heterocycles. The Morgan fingerprint density at radius 2 is 1.47 bits per heavy atom. The Balaban J connectivity index is 2.03. The summed E-state index contributed by atoms with van der Waals surface area (Å²) >= 11 is 0. The van der Waals surface area contributed by atoms with Crippen LogP contribution in [0.5, 0.6) is 0 Å². The van der Waals surface area contributed by atoms with Crippen molar-refractivity contribution in [3.8, 4) is 11.1 Å². The second kappa shape index (κ2) is 6.21. The van der Waals surface area contributed by atoms with Gasteiger partial charge in [0.1, 0.15) is 0 Å². The van der Waals surface area contributed by atoms with E-state index in [4.69, 9.17) is 0 Å². The number of hydrogen-bond donors (Lipinski definition) is 1. The molecular formula is C16H19N. The van der Waals surface area contributed by atoms with Gasteiger partial charge in [0, 0.05) is 0 Å². The normalized spacial score (nSPS) is 10.4. The van der Waals surface area contributed by atoms with Gasteiger partial charge in [-0.25, -0.2) is 0 Å². The molecule has 1 nitrogen and oxygen atoms in total. The average molecular weight is 225 g/mol. The number of hydrogen-bond acceptors (Lipinski definition) is 1. The van der Waals surface area contributed by atoms with E-state index in [-0.39, 0.29) is 0 Å². The van der Waals surface area contributed by atoms with Gasteiger partial charge in [-0.05, 0) is 43.1 Å². The van der Waals surface area contributed by atoms with Crippen molar-refractivity contribution < 1.29 is 0 Å². The van der Waals surface area contributed by atoms with E-state index in [0.29, 0.717) is 0 Å². The average Bonchev–Trinajstić information content (AvgIpc) is 2.41. The first-order chi connectivity index (χ1) is 8.40. The Morgan fingerprint density at radius 1 is 0.824 bits per heavy atom. The van der Waals surface area contributed by atoms with E-state index in [1.54, 1.807) is 0 Å². The van der Waals surface area contributed by atoms with Crippen LogP contribution in [0.25, 0.3) is 11.1 Å². The molecule has 2 aromatic rings. The molecule has 0 amide bonds. The lowest BCUT2D eigenvalue weighted by molar-refractivity contribution is 0.725. The summed E-state index contributed by atoms with van der Waals surface area (Å²) < 4.78 is 0. The molecule has 0 saturated heterocycles. The molecule has 0 saturated carbocycles. The van der Waals surface area contributed by atoms with Crippen molar-refractivity contribution in [3.05, 3.63) is 60.2 Å². The van der Waals surface area contributed by atoms with E-state index >= 15 is 0 Å². The zero-order valence-corrected chi connectivity index (χ0v) is 10.3. The molecule has 0 aromatic heterocycles. The summed E-state index contributed by atoms with van der Waals surface area (Å²) in [6, 6.07) is 19.4. The smallest absolute Gasteiger partial charge is 0.00488 e. The number of benzene rings is 2. The van der Waals surface area contributed by atoms with E-state index in [2.05, 4.69) is 59.9 Å². The maximum absolute atomic E-state index is 3.18. The molecule has 17 heavy (non-hydrogen) atoms. The van der Waals surface area contributed by atoms with Crippen molar-refractivity contribution in [2.75, 3.05) is 13.6 Å². The topological polar surface area (TPSA) is 12.0 Å². The van der Waals surface area contributed by atoms with E-state index in [0.717, 1.165) is 13.0 Å². The van der Waals surface area contributed by atoms with Crippen LogP contribution in [0.1, 0.15) is 12.0 Å². The SMILES string of the molecule is CNCCCc1ccc(-c2ccccc2)cc1. The van der Waals surface area contributed by atoms with E-state index in [1.807, 2.05) is 7.05 Å². The standard InChI is InChI=1S/C16H19N/c1-17-13-5-6-14-9-11-16(12-10-14)15-7-3-2-4-8-15/h2-4,7-12,17H,5-6,13H2,1H3. The first-order valence-electron chi connectivity index (χ1n) is 6.19. The molecule has 0 aliphatic rings. The van der Waals surface area contributed by atoms with Crippen molar-refractivity contribution in [3.63, 3.8) is 0 Å². The fourth-order valence-electron chi connectivity index (χ4n) is 1.96. The molecule has 1 heteroatoms. The first kappa shape index (κ1) is 11.9. The summed E-state index contributed by atoms with van der Waals surface area (Å²) in [4.78, 5) is 0. The van der Waals surface area contributed by atoms with Crippen molar-refractivity contribution in [1.82, 2.24) is 5.32 Å². The molecule has 0 heterocycles. The van der Waals surface area contributed by atoms with Gasteiger partial charge in [0.25, 0.3) is 0 Å². The highest BCUT2D eigenvalue weighted by molar-refractivity contribution is 5.63. The van der Waals surface area contributed by atoms with Crippen LogP contribution in [0, 0.1) is 0 Å². The molecule has 1 N–H and O–H groups in total. The van der Waals surface area contributed by atoms with E-state index in [1.165, 1.54) is 23.1 Å². The third-order valence-electron chi connectivity index (χ3n) is 2.95. The molecule has 0 bridgehead atoms. The van der Waals surface area contributed by atoms with Gasteiger partial charge in [-0.3, -0.25) is 0 Å². The van der Waals surface area contributed by atoms with Gasteiger partial charge in [0.15, 0.2) is 0 Å². The molecular weight excluding hydrogens is 206 g/mol. The maximum atomic E-state index is 3.18. The summed E-state index contributed by atoms with van der Waals surface area (Å²) in [5.41, 5.74) is 4.00. The van der Waals surface area contributed by atoms with E-state index < -0.39 is 0 Å².